The van der Waals surface area contributed by atoms with Gasteiger partial charge in [-0.2, -0.15) is 0 Å². The average molecular weight is 285 g/mol. The number of anilines is 2. The lowest BCUT2D eigenvalue weighted by atomic mass is 10.1. The summed E-state index contributed by atoms with van der Waals surface area (Å²) in [5.74, 6) is -1.04. The van der Waals surface area contributed by atoms with Crippen molar-refractivity contribution in [3.05, 3.63) is 58.9 Å². The fourth-order valence-electron chi connectivity index (χ4n) is 2.66. The van der Waals surface area contributed by atoms with Crippen LogP contribution in [0.1, 0.15) is 21.5 Å². The Hall–Kier alpha value is -2.56. The maximum atomic E-state index is 14.1. The van der Waals surface area contributed by atoms with Gasteiger partial charge in [0.1, 0.15) is 5.82 Å². The number of carbonyl (C=O) groups is 1. The molecule has 0 atom stereocenters. The Balaban J connectivity index is 1.86. The van der Waals surface area contributed by atoms with Gasteiger partial charge in [0.25, 0.3) is 0 Å². The van der Waals surface area contributed by atoms with E-state index in [-0.39, 0.29) is 5.56 Å². The first-order valence-corrected chi connectivity index (χ1v) is 6.76. The summed E-state index contributed by atoms with van der Waals surface area (Å²) in [7, 11) is 0. The molecule has 1 heterocycles. The molecule has 2 aromatic carbocycles. The molecule has 4 N–H and O–H groups in total. The molecule has 21 heavy (non-hydrogen) atoms. The van der Waals surface area contributed by atoms with E-state index in [4.69, 9.17) is 11.5 Å². The van der Waals surface area contributed by atoms with Gasteiger partial charge >= 0.3 is 0 Å². The second-order valence-corrected chi connectivity index (χ2v) is 5.23. The van der Waals surface area contributed by atoms with Crippen LogP contribution in [0.4, 0.5) is 15.8 Å². The van der Waals surface area contributed by atoms with Crippen LogP contribution in [0.2, 0.25) is 0 Å². The third-order valence-corrected chi connectivity index (χ3v) is 3.80. The molecule has 3 rings (SSSR count). The number of nitrogens with zero attached hydrogens (tertiary/aromatic N) is 1. The summed E-state index contributed by atoms with van der Waals surface area (Å²) in [5.41, 5.74) is 14.7. The summed E-state index contributed by atoms with van der Waals surface area (Å²) in [6.07, 6.45) is 0.927. The van der Waals surface area contributed by atoms with Crippen molar-refractivity contribution in [3.63, 3.8) is 0 Å². The summed E-state index contributed by atoms with van der Waals surface area (Å²) < 4.78 is 14.1. The van der Waals surface area contributed by atoms with E-state index < -0.39 is 11.7 Å². The third kappa shape index (κ3) is 2.54. The molecule has 1 aliphatic rings. The first-order valence-electron chi connectivity index (χ1n) is 6.76. The van der Waals surface area contributed by atoms with Gasteiger partial charge in [-0.05, 0) is 36.2 Å². The van der Waals surface area contributed by atoms with Gasteiger partial charge in [-0.1, -0.05) is 12.1 Å². The minimum atomic E-state index is -0.625. The zero-order chi connectivity index (χ0) is 15.0. The summed E-state index contributed by atoms with van der Waals surface area (Å²) in [4.78, 5) is 13.1. The Morgan fingerprint density at radius 3 is 2.76 bits per heavy atom. The third-order valence-electron chi connectivity index (χ3n) is 3.80. The fourth-order valence-corrected chi connectivity index (χ4v) is 2.66. The highest BCUT2D eigenvalue weighted by Crippen LogP contribution is 2.31. The van der Waals surface area contributed by atoms with E-state index in [0.717, 1.165) is 18.7 Å². The van der Waals surface area contributed by atoms with Crippen molar-refractivity contribution in [3.8, 4) is 0 Å². The molecule has 5 heteroatoms. The highest BCUT2D eigenvalue weighted by Gasteiger charge is 2.20. The Morgan fingerprint density at radius 1 is 1.24 bits per heavy atom. The lowest BCUT2D eigenvalue weighted by molar-refractivity contribution is 0.1000. The first-order chi connectivity index (χ1) is 10.0. The Labute approximate surface area is 122 Å². The van der Waals surface area contributed by atoms with E-state index in [9.17, 15) is 9.18 Å². The van der Waals surface area contributed by atoms with E-state index >= 15 is 0 Å². The van der Waals surface area contributed by atoms with Crippen molar-refractivity contribution in [1.82, 2.24) is 0 Å². The topological polar surface area (TPSA) is 72.4 Å². The molecule has 0 saturated carbocycles. The molecule has 0 unspecified atom stereocenters. The predicted octanol–water partition coefficient (Wildman–Crippen LogP) is 2.07. The first kappa shape index (κ1) is 13.4. The Bertz CT molecular complexity index is 715. The van der Waals surface area contributed by atoms with Gasteiger partial charge in [-0.25, -0.2) is 4.39 Å². The Morgan fingerprint density at radius 2 is 2.05 bits per heavy atom. The number of hydrogen-bond acceptors (Lipinski definition) is 3. The van der Waals surface area contributed by atoms with Gasteiger partial charge in [0.2, 0.25) is 5.91 Å². The number of rotatable bonds is 3. The maximum Gasteiger partial charge on any atom is 0.248 e. The minimum absolute atomic E-state index is 0.183. The van der Waals surface area contributed by atoms with Gasteiger partial charge in [-0.15, -0.1) is 0 Å². The number of nitrogens with two attached hydrogens (primary N) is 2. The molecule has 2 aromatic rings. The van der Waals surface area contributed by atoms with Crippen LogP contribution in [0.5, 0.6) is 0 Å². The van der Waals surface area contributed by atoms with E-state index in [2.05, 4.69) is 4.90 Å². The number of amides is 1. The molecule has 1 amide bonds. The van der Waals surface area contributed by atoms with Gasteiger partial charge in [0.15, 0.2) is 0 Å². The zero-order valence-electron chi connectivity index (χ0n) is 11.5. The van der Waals surface area contributed by atoms with Crippen molar-refractivity contribution in [2.75, 3.05) is 17.2 Å². The molecule has 108 valence electrons. The van der Waals surface area contributed by atoms with Crippen LogP contribution in [0.3, 0.4) is 0 Å². The average Bonchev–Trinajstić information content (AvgIpc) is 2.83. The van der Waals surface area contributed by atoms with Crippen molar-refractivity contribution >= 4 is 17.3 Å². The smallest absolute Gasteiger partial charge is 0.248 e. The van der Waals surface area contributed by atoms with Crippen LogP contribution < -0.4 is 16.4 Å². The zero-order valence-corrected chi connectivity index (χ0v) is 11.5. The predicted molar refractivity (Wildman–Crippen MR) is 80.5 cm³/mol. The van der Waals surface area contributed by atoms with E-state index in [1.54, 1.807) is 12.1 Å². The highest BCUT2D eigenvalue weighted by atomic mass is 19.1. The van der Waals surface area contributed by atoms with Crippen LogP contribution in [-0.4, -0.2) is 12.5 Å². The molecule has 0 radical (unpaired) electrons. The number of halogens is 1. The van der Waals surface area contributed by atoms with E-state index in [0.29, 0.717) is 17.8 Å². The van der Waals surface area contributed by atoms with Crippen LogP contribution in [0.15, 0.2) is 36.4 Å². The molecule has 4 nitrogen and oxygen atoms in total. The maximum absolute atomic E-state index is 14.1. The fraction of sp³-hybridized carbons (Fsp3) is 0.188. The van der Waals surface area contributed by atoms with Gasteiger partial charge < -0.3 is 16.4 Å². The van der Waals surface area contributed by atoms with Crippen molar-refractivity contribution in [2.24, 2.45) is 5.73 Å². The molecular formula is C16H16FN3O. The largest absolute Gasteiger partial charge is 0.399 e. The minimum Gasteiger partial charge on any atom is -0.399 e. The SMILES string of the molecule is NC(=O)c1ccc(CN2CCc3ccc(N)cc32)c(F)c1. The van der Waals surface area contributed by atoms with Crippen molar-refractivity contribution in [1.29, 1.82) is 0 Å². The quantitative estimate of drug-likeness (QED) is 0.848. The Kier molecular flexibility index (Phi) is 3.25. The molecule has 0 fully saturated rings. The standard InChI is InChI=1S/C16H16FN3O/c17-14-7-11(16(19)21)1-2-12(14)9-20-6-5-10-3-4-13(18)8-15(10)20/h1-4,7-8H,5-6,9,18H2,(H2,19,21). The lowest BCUT2D eigenvalue weighted by Crippen LogP contribution is -2.21. The molecule has 0 bridgehead atoms. The number of nitrogen functional groups attached to an aromatic ring is 1. The summed E-state index contributed by atoms with van der Waals surface area (Å²) in [5, 5.41) is 0. The molecule has 0 saturated heterocycles. The summed E-state index contributed by atoms with van der Waals surface area (Å²) >= 11 is 0. The number of primary amides is 1. The summed E-state index contributed by atoms with van der Waals surface area (Å²) in [6.45, 7) is 1.27. The van der Waals surface area contributed by atoms with Gasteiger partial charge in [-0.3, -0.25) is 4.79 Å². The van der Waals surface area contributed by atoms with E-state index in [1.807, 2.05) is 18.2 Å². The van der Waals surface area contributed by atoms with E-state index in [1.165, 1.54) is 11.6 Å². The van der Waals surface area contributed by atoms with Crippen LogP contribution in [0.25, 0.3) is 0 Å². The van der Waals surface area contributed by atoms with Crippen LogP contribution >= 0.6 is 0 Å². The molecule has 0 aromatic heterocycles. The van der Waals surface area contributed by atoms with Crippen molar-refractivity contribution in [2.45, 2.75) is 13.0 Å². The van der Waals surface area contributed by atoms with Crippen molar-refractivity contribution < 1.29 is 9.18 Å². The number of fused-ring (bicyclic) bond motifs is 1. The number of benzene rings is 2. The molecule has 0 spiro atoms. The monoisotopic (exact) mass is 285 g/mol. The molecule has 1 aliphatic heterocycles. The second-order valence-electron chi connectivity index (χ2n) is 5.23. The van der Waals surface area contributed by atoms with Gasteiger partial charge in [0.05, 0.1) is 0 Å². The molecule has 0 aliphatic carbocycles. The molecular weight excluding hydrogens is 269 g/mol. The number of hydrogen-bond donors (Lipinski definition) is 2. The lowest BCUT2D eigenvalue weighted by Gasteiger charge is -2.20. The van der Waals surface area contributed by atoms with Gasteiger partial charge in [0, 0.05) is 35.6 Å². The van der Waals surface area contributed by atoms with Crippen LogP contribution in [0, 0.1) is 5.82 Å². The second kappa shape index (κ2) is 5.09. The van der Waals surface area contributed by atoms with Crippen LogP contribution in [-0.2, 0) is 13.0 Å². The number of carbonyl (C=O) groups excluding carboxylic acids is 1. The normalized spacial score (nSPS) is 13.3. The summed E-state index contributed by atoms with van der Waals surface area (Å²) in [6, 6.07) is 10.2. The highest BCUT2D eigenvalue weighted by molar-refractivity contribution is 5.92.